The molecule has 1 heteroatoms. The smallest absolute Gasteiger partial charge is 0.00493 e. The molecule has 0 aromatic rings. The van der Waals surface area contributed by atoms with E-state index < -0.39 is 0 Å². The van der Waals surface area contributed by atoms with E-state index in [-0.39, 0.29) is 0 Å². The molecule has 0 fully saturated rings. The number of hydrogen-bond acceptors (Lipinski definition) is 1. The zero-order valence-electron chi connectivity index (χ0n) is 11.3. The molecule has 0 aliphatic heterocycles. The highest BCUT2D eigenvalue weighted by molar-refractivity contribution is 4.66. The highest BCUT2D eigenvalue weighted by atomic mass is 14.8. The SMILES string of the molecule is CCCC(CC)CC(CCC)CCNC. The molecule has 0 bridgehead atoms. The summed E-state index contributed by atoms with van der Waals surface area (Å²) in [6, 6.07) is 0. The topological polar surface area (TPSA) is 12.0 Å². The Bertz CT molecular complexity index is 123. The molecular weight excluding hydrogens is 182 g/mol. The lowest BCUT2D eigenvalue weighted by Crippen LogP contribution is -2.16. The molecule has 2 atom stereocenters. The van der Waals surface area contributed by atoms with Crippen LogP contribution in [0.3, 0.4) is 0 Å². The fraction of sp³-hybridized carbons (Fsp3) is 1.00. The fourth-order valence-electron chi connectivity index (χ4n) is 2.51. The first-order valence-corrected chi connectivity index (χ1v) is 6.92. The zero-order valence-corrected chi connectivity index (χ0v) is 11.3. The predicted octanol–water partition coefficient (Wildman–Crippen LogP) is 4.23. The average molecular weight is 213 g/mol. The number of hydrogen-bond donors (Lipinski definition) is 1. The Morgan fingerprint density at radius 1 is 0.867 bits per heavy atom. The summed E-state index contributed by atoms with van der Waals surface area (Å²) in [6.45, 7) is 8.16. The highest BCUT2D eigenvalue weighted by Gasteiger charge is 2.13. The van der Waals surface area contributed by atoms with Crippen LogP contribution in [0.25, 0.3) is 0 Å². The van der Waals surface area contributed by atoms with E-state index in [1.165, 1.54) is 51.5 Å². The predicted molar refractivity (Wildman–Crippen MR) is 70.2 cm³/mol. The Morgan fingerprint density at radius 3 is 1.93 bits per heavy atom. The summed E-state index contributed by atoms with van der Waals surface area (Å²) in [6.07, 6.45) is 9.73. The van der Waals surface area contributed by atoms with Crippen molar-refractivity contribution in [3.63, 3.8) is 0 Å². The first kappa shape index (κ1) is 15.0. The summed E-state index contributed by atoms with van der Waals surface area (Å²) in [5, 5.41) is 3.28. The van der Waals surface area contributed by atoms with Gasteiger partial charge in [-0.25, -0.2) is 0 Å². The molecule has 0 rings (SSSR count). The van der Waals surface area contributed by atoms with E-state index in [1.807, 2.05) is 0 Å². The minimum absolute atomic E-state index is 0.957. The van der Waals surface area contributed by atoms with E-state index in [2.05, 4.69) is 33.1 Å². The van der Waals surface area contributed by atoms with Crippen molar-refractivity contribution in [1.29, 1.82) is 0 Å². The van der Waals surface area contributed by atoms with Gasteiger partial charge in [0.05, 0.1) is 0 Å². The Hall–Kier alpha value is -0.0400. The van der Waals surface area contributed by atoms with E-state index in [0.29, 0.717) is 0 Å². The van der Waals surface area contributed by atoms with Crippen LogP contribution in [0.4, 0.5) is 0 Å². The van der Waals surface area contributed by atoms with Gasteiger partial charge in [0.25, 0.3) is 0 Å². The monoisotopic (exact) mass is 213 g/mol. The van der Waals surface area contributed by atoms with Crippen LogP contribution < -0.4 is 5.32 Å². The van der Waals surface area contributed by atoms with Gasteiger partial charge in [0, 0.05) is 0 Å². The minimum atomic E-state index is 0.957. The van der Waals surface area contributed by atoms with E-state index in [1.54, 1.807) is 0 Å². The van der Waals surface area contributed by atoms with E-state index in [0.717, 1.165) is 11.8 Å². The number of rotatable bonds is 10. The van der Waals surface area contributed by atoms with E-state index in [9.17, 15) is 0 Å². The van der Waals surface area contributed by atoms with Crippen molar-refractivity contribution in [2.75, 3.05) is 13.6 Å². The molecule has 0 aliphatic rings. The third-order valence-corrected chi connectivity index (χ3v) is 3.44. The maximum Gasteiger partial charge on any atom is -0.00493 e. The molecule has 0 aromatic heterocycles. The quantitative estimate of drug-likeness (QED) is 0.572. The molecule has 2 unspecified atom stereocenters. The third kappa shape index (κ3) is 7.84. The van der Waals surface area contributed by atoms with Crippen LogP contribution in [-0.4, -0.2) is 13.6 Å². The van der Waals surface area contributed by atoms with Gasteiger partial charge < -0.3 is 5.32 Å². The van der Waals surface area contributed by atoms with Crippen LogP contribution in [0.1, 0.15) is 65.7 Å². The van der Waals surface area contributed by atoms with Crippen LogP contribution in [-0.2, 0) is 0 Å². The van der Waals surface area contributed by atoms with Crippen LogP contribution in [0.5, 0.6) is 0 Å². The first-order valence-electron chi connectivity index (χ1n) is 6.92. The van der Waals surface area contributed by atoms with Crippen molar-refractivity contribution in [2.24, 2.45) is 11.8 Å². The van der Waals surface area contributed by atoms with Crippen molar-refractivity contribution in [3.8, 4) is 0 Å². The van der Waals surface area contributed by atoms with Gasteiger partial charge in [-0.15, -0.1) is 0 Å². The van der Waals surface area contributed by atoms with Gasteiger partial charge in [-0.3, -0.25) is 0 Å². The Labute approximate surface area is 97.0 Å². The molecular formula is C14H31N. The molecule has 0 saturated heterocycles. The zero-order chi connectivity index (χ0) is 11.5. The number of nitrogens with one attached hydrogen (secondary N) is 1. The summed E-state index contributed by atoms with van der Waals surface area (Å²) < 4.78 is 0. The van der Waals surface area contributed by atoms with Crippen molar-refractivity contribution < 1.29 is 0 Å². The van der Waals surface area contributed by atoms with Gasteiger partial charge in [-0.05, 0) is 38.3 Å². The van der Waals surface area contributed by atoms with Crippen LogP contribution in [0, 0.1) is 11.8 Å². The molecule has 0 amide bonds. The lowest BCUT2D eigenvalue weighted by molar-refractivity contribution is 0.310. The summed E-state index contributed by atoms with van der Waals surface area (Å²) in [7, 11) is 2.06. The summed E-state index contributed by atoms with van der Waals surface area (Å²) >= 11 is 0. The molecule has 15 heavy (non-hydrogen) atoms. The summed E-state index contributed by atoms with van der Waals surface area (Å²) in [5.74, 6) is 1.93. The first-order chi connectivity index (χ1) is 7.28. The second-order valence-corrected chi connectivity index (χ2v) is 4.85. The molecule has 1 nitrogen and oxygen atoms in total. The molecule has 0 radical (unpaired) electrons. The second kappa shape index (κ2) is 10.5. The standard InChI is InChI=1S/C14H31N/c1-5-8-13(7-3)12-14(9-6-2)10-11-15-4/h13-15H,5-12H2,1-4H3. The molecule has 92 valence electrons. The summed E-state index contributed by atoms with van der Waals surface area (Å²) in [5.41, 5.74) is 0. The van der Waals surface area contributed by atoms with Gasteiger partial charge in [0.15, 0.2) is 0 Å². The molecule has 0 heterocycles. The second-order valence-electron chi connectivity index (χ2n) is 4.85. The average Bonchev–Trinajstić information content (AvgIpc) is 2.25. The Kier molecular flexibility index (Phi) is 10.4. The van der Waals surface area contributed by atoms with Gasteiger partial charge in [0.1, 0.15) is 0 Å². The highest BCUT2D eigenvalue weighted by Crippen LogP contribution is 2.25. The maximum absolute atomic E-state index is 3.28. The lowest BCUT2D eigenvalue weighted by atomic mass is 9.85. The fourth-order valence-corrected chi connectivity index (χ4v) is 2.51. The van der Waals surface area contributed by atoms with E-state index in [4.69, 9.17) is 0 Å². The maximum atomic E-state index is 3.28. The van der Waals surface area contributed by atoms with Gasteiger partial charge >= 0.3 is 0 Å². The van der Waals surface area contributed by atoms with Crippen molar-refractivity contribution in [1.82, 2.24) is 5.32 Å². The van der Waals surface area contributed by atoms with Crippen LogP contribution >= 0.6 is 0 Å². The van der Waals surface area contributed by atoms with Crippen LogP contribution in [0.15, 0.2) is 0 Å². The van der Waals surface area contributed by atoms with Gasteiger partial charge in [-0.1, -0.05) is 52.9 Å². The normalized spacial score (nSPS) is 15.2. The van der Waals surface area contributed by atoms with Gasteiger partial charge in [0.2, 0.25) is 0 Å². The summed E-state index contributed by atoms with van der Waals surface area (Å²) in [4.78, 5) is 0. The third-order valence-electron chi connectivity index (χ3n) is 3.44. The van der Waals surface area contributed by atoms with Gasteiger partial charge in [-0.2, -0.15) is 0 Å². The molecule has 0 spiro atoms. The lowest BCUT2D eigenvalue weighted by Gasteiger charge is -2.22. The molecule has 1 N–H and O–H groups in total. The van der Waals surface area contributed by atoms with Crippen LogP contribution in [0.2, 0.25) is 0 Å². The Morgan fingerprint density at radius 2 is 1.47 bits per heavy atom. The molecule has 0 aromatic carbocycles. The van der Waals surface area contributed by atoms with Crippen molar-refractivity contribution >= 4 is 0 Å². The molecule has 0 aliphatic carbocycles. The van der Waals surface area contributed by atoms with E-state index >= 15 is 0 Å². The molecule has 0 saturated carbocycles. The Balaban J connectivity index is 3.87. The van der Waals surface area contributed by atoms with Crippen molar-refractivity contribution in [3.05, 3.63) is 0 Å². The minimum Gasteiger partial charge on any atom is -0.320 e. The van der Waals surface area contributed by atoms with Crippen molar-refractivity contribution in [2.45, 2.75) is 65.7 Å². The largest absolute Gasteiger partial charge is 0.320 e.